The summed E-state index contributed by atoms with van der Waals surface area (Å²) >= 11 is 0. The molecule has 0 aromatic heterocycles. The highest BCUT2D eigenvalue weighted by Gasteiger charge is 2.74. The van der Waals surface area contributed by atoms with Crippen molar-refractivity contribution in [1.82, 2.24) is 0 Å². The largest absolute Gasteiger partial charge is 0.381 e. The Morgan fingerprint density at radius 1 is 0.529 bits per heavy atom. The molecular weight excluding hydrogens is 224 g/mol. The third-order valence-electron chi connectivity index (χ3n) is 5.82. The van der Waals surface area contributed by atoms with Gasteiger partial charge in [0.1, 0.15) is 0 Å². The van der Waals surface area contributed by atoms with E-state index in [0.717, 1.165) is 13.2 Å². The second-order valence-electron chi connectivity index (χ2n) is 6.19. The molecule has 6 heterocycles. The normalized spacial score (nSPS) is 73.4. The van der Waals surface area contributed by atoms with Crippen molar-refractivity contribution in [2.45, 2.75) is 25.2 Å². The molecule has 92 valence electrons. The first-order valence-corrected chi connectivity index (χ1v) is 6.61. The van der Waals surface area contributed by atoms with E-state index in [4.69, 9.17) is 23.7 Å². The van der Waals surface area contributed by atoms with Crippen molar-refractivity contribution in [2.24, 2.45) is 35.5 Å². The molecule has 0 unspecified atom stereocenters. The van der Waals surface area contributed by atoms with Crippen LogP contribution in [0.2, 0.25) is 0 Å². The smallest absolute Gasteiger partial charge is 0.167 e. The highest BCUT2D eigenvalue weighted by Crippen LogP contribution is 2.66. The van der Waals surface area contributed by atoms with E-state index in [1.165, 1.54) is 0 Å². The lowest BCUT2D eigenvalue weighted by molar-refractivity contribution is -0.338. The molecular formula is C12H14O5. The van der Waals surface area contributed by atoms with Gasteiger partial charge in [-0.2, -0.15) is 0 Å². The molecule has 6 saturated heterocycles. The zero-order valence-corrected chi connectivity index (χ0v) is 9.23. The molecule has 0 amide bonds. The Hall–Kier alpha value is -0.200. The van der Waals surface area contributed by atoms with Gasteiger partial charge in [-0.3, -0.25) is 0 Å². The maximum Gasteiger partial charge on any atom is 0.167 e. The predicted molar refractivity (Wildman–Crippen MR) is 51.3 cm³/mol. The molecule has 17 heavy (non-hydrogen) atoms. The zero-order chi connectivity index (χ0) is 10.7. The van der Waals surface area contributed by atoms with E-state index in [0.29, 0.717) is 35.5 Å². The third-order valence-corrected chi connectivity index (χ3v) is 5.82. The van der Waals surface area contributed by atoms with Crippen molar-refractivity contribution in [3.8, 4) is 0 Å². The molecule has 0 aromatic carbocycles. The molecule has 0 N–H and O–H groups in total. The summed E-state index contributed by atoms with van der Waals surface area (Å²) in [5, 5.41) is 0. The summed E-state index contributed by atoms with van der Waals surface area (Å²) in [5.74, 6) is 3.06. The van der Waals surface area contributed by atoms with Crippen LogP contribution in [-0.2, 0) is 23.7 Å². The molecule has 0 radical (unpaired) electrons. The molecule has 0 aromatic rings. The lowest BCUT2D eigenvalue weighted by atomic mass is 9.60. The van der Waals surface area contributed by atoms with Crippen LogP contribution in [0.25, 0.3) is 0 Å². The number of rotatable bonds is 0. The minimum absolute atomic E-state index is 0.0923. The van der Waals surface area contributed by atoms with Gasteiger partial charge in [0.2, 0.25) is 0 Å². The van der Waals surface area contributed by atoms with Crippen molar-refractivity contribution >= 4 is 0 Å². The van der Waals surface area contributed by atoms with Crippen LogP contribution in [0, 0.1) is 35.5 Å². The van der Waals surface area contributed by atoms with E-state index < -0.39 is 0 Å². The highest BCUT2D eigenvalue weighted by atomic mass is 16.9. The first-order chi connectivity index (χ1) is 8.42. The molecule has 7 aliphatic rings. The summed E-state index contributed by atoms with van der Waals surface area (Å²) in [6.45, 7) is 1.73. The van der Waals surface area contributed by atoms with E-state index in [9.17, 15) is 0 Å². The van der Waals surface area contributed by atoms with Gasteiger partial charge < -0.3 is 23.7 Å². The summed E-state index contributed by atoms with van der Waals surface area (Å²) in [6, 6.07) is 0. The van der Waals surface area contributed by atoms with Crippen LogP contribution >= 0.6 is 0 Å². The van der Waals surface area contributed by atoms with Gasteiger partial charge >= 0.3 is 0 Å². The number of ether oxygens (including phenoxy) is 5. The molecule has 0 spiro atoms. The minimum Gasteiger partial charge on any atom is -0.381 e. The van der Waals surface area contributed by atoms with E-state index in [-0.39, 0.29) is 25.2 Å². The quantitative estimate of drug-likeness (QED) is 0.601. The average molecular weight is 238 g/mol. The summed E-state index contributed by atoms with van der Waals surface area (Å²) < 4.78 is 29.5. The fourth-order valence-electron chi connectivity index (χ4n) is 5.34. The molecule has 6 aliphatic heterocycles. The van der Waals surface area contributed by atoms with Crippen LogP contribution in [0.1, 0.15) is 0 Å². The molecule has 7 rings (SSSR count). The van der Waals surface area contributed by atoms with Gasteiger partial charge in [-0.25, -0.2) is 0 Å². The number of hydrogen-bond acceptors (Lipinski definition) is 5. The Morgan fingerprint density at radius 3 is 1.41 bits per heavy atom. The fraction of sp³-hybridized carbons (Fsp3) is 1.00. The average Bonchev–Trinajstić information content (AvgIpc) is 2.97. The molecule has 6 bridgehead atoms. The van der Waals surface area contributed by atoms with E-state index in [2.05, 4.69) is 0 Å². The molecule has 5 nitrogen and oxygen atoms in total. The second-order valence-corrected chi connectivity index (χ2v) is 6.19. The fourth-order valence-corrected chi connectivity index (χ4v) is 5.34. The predicted octanol–water partition coefficient (Wildman–Crippen LogP) is 0.153. The summed E-state index contributed by atoms with van der Waals surface area (Å²) in [5.41, 5.74) is 0. The standard InChI is InChI=1S/C12H14O5/c1-3-4(2-13-1)6-8-7-5(3)9-14-10(6)16-12(8)17-11(7)15-9/h3-12H,1-2H2/t3-,4+,5-,6+,7-,8+,9+,10-,11+,12-. The Morgan fingerprint density at radius 2 is 0.941 bits per heavy atom. The second kappa shape index (κ2) is 2.56. The van der Waals surface area contributed by atoms with Gasteiger partial charge in [0.25, 0.3) is 0 Å². The van der Waals surface area contributed by atoms with Gasteiger partial charge in [0.15, 0.2) is 25.2 Å². The van der Waals surface area contributed by atoms with Crippen LogP contribution < -0.4 is 0 Å². The van der Waals surface area contributed by atoms with Crippen LogP contribution in [0.15, 0.2) is 0 Å². The van der Waals surface area contributed by atoms with E-state index in [1.54, 1.807) is 0 Å². The number of hydrogen-bond donors (Lipinski definition) is 0. The monoisotopic (exact) mass is 238 g/mol. The lowest BCUT2D eigenvalue weighted by Gasteiger charge is -2.38. The van der Waals surface area contributed by atoms with Crippen LogP contribution in [0.3, 0.4) is 0 Å². The van der Waals surface area contributed by atoms with Crippen molar-refractivity contribution in [3.63, 3.8) is 0 Å². The summed E-state index contributed by atoms with van der Waals surface area (Å²) in [7, 11) is 0. The topological polar surface area (TPSA) is 46.2 Å². The van der Waals surface area contributed by atoms with Gasteiger partial charge in [-0.1, -0.05) is 0 Å². The zero-order valence-electron chi connectivity index (χ0n) is 9.23. The molecule has 1 aliphatic carbocycles. The van der Waals surface area contributed by atoms with E-state index in [1.807, 2.05) is 0 Å². The van der Waals surface area contributed by atoms with Crippen molar-refractivity contribution in [2.75, 3.05) is 13.2 Å². The van der Waals surface area contributed by atoms with Crippen LogP contribution in [0.4, 0.5) is 0 Å². The highest BCUT2D eigenvalue weighted by molar-refractivity contribution is 5.11. The van der Waals surface area contributed by atoms with Gasteiger partial charge in [-0.05, 0) is 11.8 Å². The first kappa shape index (κ1) is 8.82. The third kappa shape index (κ3) is 0.788. The Balaban J connectivity index is 1.61. The molecule has 7 fully saturated rings. The Kier molecular flexibility index (Phi) is 1.33. The van der Waals surface area contributed by atoms with Crippen molar-refractivity contribution < 1.29 is 23.7 Å². The molecule has 10 atom stereocenters. The molecule has 1 saturated carbocycles. The van der Waals surface area contributed by atoms with Gasteiger partial charge in [0.05, 0.1) is 13.2 Å². The van der Waals surface area contributed by atoms with Crippen molar-refractivity contribution in [1.29, 1.82) is 0 Å². The van der Waals surface area contributed by atoms with Crippen molar-refractivity contribution in [3.05, 3.63) is 0 Å². The summed E-state index contributed by atoms with van der Waals surface area (Å²) in [4.78, 5) is 0. The van der Waals surface area contributed by atoms with Gasteiger partial charge in [0, 0.05) is 23.7 Å². The van der Waals surface area contributed by atoms with Crippen LogP contribution in [0.5, 0.6) is 0 Å². The lowest BCUT2D eigenvalue weighted by Crippen LogP contribution is -2.44. The Bertz CT molecular complexity index is 366. The SMILES string of the molecule is C1OC[C@H]2[C@@H]1[C@H]1[C@@H]3O[C@H]4O[C@H]5O[C@@H](O3)[C@@H]2[C@H]5[C@H]41. The first-order valence-electron chi connectivity index (χ1n) is 6.61. The van der Waals surface area contributed by atoms with Gasteiger partial charge in [-0.15, -0.1) is 0 Å². The van der Waals surface area contributed by atoms with Crippen LogP contribution in [-0.4, -0.2) is 38.4 Å². The maximum absolute atomic E-state index is 6.04. The minimum atomic E-state index is -0.125. The molecule has 5 heteroatoms. The maximum atomic E-state index is 6.04. The Labute approximate surface area is 98.3 Å². The van der Waals surface area contributed by atoms with E-state index >= 15 is 0 Å². The summed E-state index contributed by atoms with van der Waals surface area (Å²) in [6.07, 6.45) is -0.434.